The molecule has 1 amide bonds. The van der Waals surface area contributed by atoms with E-state index in [9.17, 15) is 4.79 Å². The second kappa shape index (κ2) is 8.50. The van der Waals surface area contributed by atoms with E-state index in [1.54, 1.807) is 0 Å². The van der Waals surface area contributed by atoms with Crippen molar-refractivity contribution in [2.45, 2.75) is 29.6 Å². The van der Waals surface area contributed by atoms with E-state index >= 15 is 0 Å². The molecule has 2 aromatic rings. The quantitative estimate of drug-likeness (QED) is 0.767. The average Bonchev–Trinajstić information content (AvgIpc) is 2.65. The highest BCUT2D eigenvalue weighted by molar-refractivity contribution is 8.00. The fourth-order valence-electron chi connectivity index (χ4n) is 2.49. The molecule has 0 bridgehead atoms. The van der Waals surface area contributed by atoms with Gasteiger partial charge in [-0.3, -0.25) is 4.79 Å². The lowest BCUT2D eigenvalue weighted by Crippen LogP contribution is -2.43. The number of fused-ring (bicyclic) bond motifs is 1. The van der Waals surface area contributed by atoms with Crippen molar-refractivity contribution in [1.82, 2.24) is 5.32 Å². The molecule has 1 heterocycles. The molecule has 0 aliphatic carbocycles. The number of benzene rings is 2. The first-order chi connectivity index (χ1) is 12.2. The van der Waals surface area contributed by atoms with E-state index in [0.29, 0.717) is 18.2 Å². The molecular formula is C19H20ClNO3S. The highest BCUT2D eigenvalue weighted by Crippen LogP contribution is 2.31. The smallest absolute Gasteiger partial charge is 0.233 e. The van der Waals surface area contributed by atoms with Gasteiger partial charge in [0.1, 0.15) is 12.7 Å². The predicted octanol–water partition coefficient (Wildman–Crippen LogP) is 4.17. The van der Waals surface area contributed by atoms with Crippen LogP contribution in [0.3, 0.4) is 0 Å². The summed E-state index contributed by atoms with van der Waals surface area (Å²) in [5, 5.41) is 3.51. The third-order valence-corrected chi connectivity index (χ3v) is 5.45. The third-order valence-electron chi connectivity index (χ3n) is 3.83. The summed E-state index contributed by atoms with van der Waals surface area (Å²) >= 11 is 7.44. The van der Waals surface area contributed by atoms with Crippen LogP contribution in [0.5, 0.6) is 11.5 Å². The minimum Gasteiger partial charge on any atom is -0.486 e. The van der Waals surface area contributed by atoms with Gasteiger partial charge in [0.25, 0.3) is 0 Å². The molecule has 1 aliphatic rings. The van der Waals surface area contributed by atoms with E-state index in [4.69, 9.17) is 21.1 Å². The summed E-state index contributed by atoms with van der Waals surface area (Å²) in [6.45, 7) is 2.85. The van der Waals surface area contributed by atoms with E-state index in [-0.39, 0.29) is 17.3 Å². The summed E-state index contributed by atoms with van der Waals surface area (Å²) in [6, 6.07) is 15.1. The standard InChI is InChI=1S/C19H20ClNO3S/c1-2-18(25-15-9-7-13(20)8-10-15)19(22)21-11-14-12-23-16-5-3-4-6-17(16)24-14/h3-10,14,18H,2,11-12H2,1H3,(H,21,22)/t14-,18-/m1/s1. The minimum absolute atomic E-state index is 0.00455. The predicted molar refractivity (Wildman–Crippen MR) is 101 cm³/mol. The number of nitrogens with one attached hydrogen (secondary N) is 1. The van der Waals surface area contributed by atoms with Crippen molar-refractivity contribution in [1.29, 1.82) is 0 Å². The van der Waals surface area contributed by atoms with Crippen molar-refractivity contribution < 1.29 is 14.3 Å². The van der Waals surface area contributed by atoms with Crippen molar-refractivity contribution in [3.8, 4) is 11.5 Å². The molecule has 2 aromatic carbocycles. The highest BCUT2D eigenvalue weighted by Gasteiger charge is 2.23. The Morgan fingerprint density at radius 3 is 2.68 bits per heavy atom. The molecule has 25 heavy (non-hydrogen) atoms. The third kappa shape index (κ3) is 4.83. The van der Waals surface area contributed by atoms with Crippen molar-refractivity contribution in [2.24, 2.45) is 0 Å². The number of carbonyl (C=O) groups excluding carboxylic acids is 1. The zero-order valence-electron chi connectivity index (χ0n) is 13.9. The Bertz CT molecular complexity index is 723. The van der Waals surface area contributed by atoms with Crippen molar-refractivity contribution in [3.63, 3.8) is 0 Å². The first-order valence-electron chi connectivity index (χ1n) is 8.24. The molecule has 0 fully saturated rings. The number of rotatable bonds is 6. The number of hydrogen-bond donors (Lipinski definition) is 1. The van der Waals surface area contributed by atoms with Gasteiger partial charge in [0, 0.05) is 9.92 Å². The van der Waals surface area contributed by atoms with Crippen LogP contribution in [0.15, 0.2) is 53.4 Å². The molecule has 0 radical (unpaired) electrons. The summed E-state index contributed by atoms with van der Waals surface area (Å²) in [6.07, 6.45) is 0.557. The zero-order valence-corrected chi connectivity index (χ0v) is 15.5. The van der Waals surface area contributed by atoms with E-state index in [1.165, 1.54) is 11.8 Å². The van der Waals surface area contributed by atoms with Crippen molar-refractivity contribution in [3.05, 3.63) is 53.6 Å². The van der Waals surface area contributed by atoms with Crippen LogP contribution < -0.4 is 14.8 Å². The summed E-state index contributed by atoms with van der Waals surface area (Å²) in [5.74, 6) is 1.47. The van der Waals surface area contributed by atoms with E-state index in [2.05, 4.69) is 5.32 Å². The Balaban J connectivity index is 1.52. The Hall–Kier alpha value is -1.85. The van der Waals surface area contributed by atoms with Gasteiger partial charge in [-0.2, -0.15) is 0 Å². The van der Waals surface area contributed by atoms with Gasteiger partial charge < -0.3 is 14.8 Å². The van der Waals surface area contributed by atoms with Gasteiger partial charge >= 0.3 is 0 Å². The summed E-state index contributed by atoms with van der Waals surface area (Å²) < 4.78 is 11.5. The molecule has 132 valence electrons. The van der Waals surface area contributed by atoms with E-state index in [0.717, 1.165) is 22.8 Å². The molecule has 0 saturated heterocycles. The average molecular weight is 378 g/mol. The number of hydrogen-bond acceptors (Lipinski definition) is 4. The molecule has 0 unspecified atom stereocenters. The number of halogens is 1. The van der Waals surface area contributed by atoms with Crippen molar-refractivity contribution >= 4 is 29.3 Å². The summed E-state index contributed by atoms with van der Waals surface area (Å²) in [5.41, 5.74) is 0. The van der Waals surface area contributed by atoms with Crippen LogP contribution in [-0.2, 0) is 4.79 Å². The fourth-order valence-corrected chi connectivity index (χ4v) is 3.60. The Morgan fingerprint density at radius 2 is 1.96 bits per heavy atom. The molecule has 0 spiro atoms. The van der Waals surface area contributed by atoms with E-state index in [1.807, 2.05) is 55.5 Å². The van der Waals surface area contributed by atoms with Gasteiger partial charge in [-0.25, -0.2) is 0 Å². The highest BCUT2D eigenvalue weighted by atomic mass is 35.5. The number of amides is 1. The molecule has 1 N–H and O–H groups in total. The molecule has 0 aromatic heterocycles. The van der Waals surface area contributed by atoms with Gasteiger partial charge in [-0.15, -0.1) is 11.8 Å². The minimum atomic E-state index is -0.183. The Morgan fingerprint density at radius 1 is 1.24 bits per heavy atom. The molecule has 4 nitrogen and oxygen atoms in total. The number of ether oxygens (including phenoxy) is 2. The zero-order chi connectivity index (χ0) is 17.6. The maximum atomic E-state index is 12.5. The van der Waals surface area contributed by atoms with Crippen LogP contribution in [0.4, 0.5) is 0 Å². The van der Waals surface area contributed by atoms with Gasteiger partial charge in [0.2, 0.25) is 5.91 Å². The first kappa shape index (κ1) is 18.0. The Labute approximate surface area is 156 Å². The van der Waals surface area contributed by atoms with Gasteiger partial charge in [-0.1, -0.05) is 30.7 Å². The number of thioether (sulfide) groups is 1. The van der Waals surface area contributed by atoms with Gasteiger partial charge in [0.15, 0.2) is 11.5 Å². The van der Waals surface area contributed by atoms with E-state index < -0.39 is 0 Å². The number of carbonyl (C=O) groups is 1. The maximum Gasteiger partial charge on any atom is 0.233 e. The largest absolute Gasteiger partial charge is 0.486 e. The second-order valence-electron chi connectivity index (χ2n) is 5.71. The van der Waals surface area contributed by atoms with Crippen LogP contribution in [0, 0.1) is 0 Å². The number of para-hydroxylation sites is 2. The molecular weight excluding hydrogens is 358 g/mol. The molecule has 6 heteroatoms. The molecule has 2 atom stereocenters. The van der Waals surface area contributed by atoms with Crippen LogP contribution >= 0.6 is 23.4 Å². The van der Waals surface area contributed by atoms with Crippen LogP contribution in [0.1, 0.15) is 13.3 Å². The lowest BCUT2D eigenvalue weighted by molar-refractivity contribution is -0.121. The maximum absolute atomic E-state index is 12.5. The lowest BCUT2D eigenvalue weighted by atomic mass is 10.2. The normalized spacial score (nSPS) is 17.0. The topological polar surface area (TPSA) is 47.6 Å². The fraction of sp³-hybridized carbons (Fsp3) is 0.316. The van der Waals surface area contributed by atoms with Crippen LogP contribution in [-0.4, -0.2) is 30.4 Å². The monoisotopic (exact) mass is 377 g/mol. The van der Waals surface area contributed by atoms with Gasteiger partial charge in [0.05, 0.1) is 11.8 Å². The summed E-state index contributed by atoms with van der Waals surface area (Å²) in [7, 11) is 0. The van der Waals surface area contributed by atoms with Gasteiger partial charge in [-0.05, 0) is 42.8 Å². The lowest BCUT2D eigenvalue weighted by Gasteiger charge is -2.27. The molecule has 3 rings (SSSR count). The molecule has 1 aliphatic heterocycles. The van der Waals surface area contributed by atoms with Crippen LogP contribution in [0.2, 0.25) is 5.02 Å². The SMILES string of the molecule is CC[C@@H](Sc1ccc(Cl)cc1)C(=O)NC[C@@H]1COc2ccccc2O1. The summed E-state index contributed by atoms with van der Waals surface area (Å²) in [4.78, 5) is 13.5. The first-order valence-corrected chi connectivity index (χ1v) is 9.50. The van der Waals surface area contributed by atoms with Crippen LogP contribution in [0.25, 0.3) is 0 Å². The molecule has 0 saturated carbocycles. The van der Waals surface area contributed by atoms with Crippen molar-refractivity contribution in [2.75, 3.05) is 13.2 Å². The Kier molecular flexibility index (Phi) is 6.10. The second-order valence-corrected chi connectivity index (χ2v) is 7.42.